The largest absolute Gasteiger partial charge is 0.323 e. The summed E-state index contributed by atoms with van der Waals surface area (Å²) >= 11 is 4.84. The van der Waals surface area contributed by atoms with E-state index < -0.39 is 0 Å². The maximum atomic E-state index is 13.2. The van der Waals surface area contributed by atoms with Gasteiger partial charge in [0.25, 0.3) is 0 Å². The molecule has 3 rings (SSSR count). The molecule has 21 heavy (non-hydrogen) atoms. The molecule has 5 heteroatoms. The molecule has 0 saturated heterocycles. The molecule has 1 aromatic heterocycles. The second-order valence-corrected chi connectivity index (χ2v) is 6.85. The Morgan fingerprint density at radius 3 is 2.52 bits per heavy atom. The van der Waals surface area contributed by atoms with Gasteiger partial charge in [-0.3, -0.25) is 0 Å². The Morgan fingerprint density at radius 2 is 1.76 bits per heavy atom. The van der Waals surface area contributed by atoms with Crippen LogP contribution in [-0.2, 0) is 6.42 Å². The summed E-state index contributed by atoms with van der Waals surface area (Å²) in [5.41, 5.74) is 7.19. The van der Waals surface area contributed by atoms with Gasteiger partial charge in [-0.15, -0.1) is 11.3 Å². The van der Waals surface area contributed by atoms with Crippen LogP contribution in [0.4, 0.5) is 8.78 Å². The van der Waals surface area contributed by atoms with Gasteiger partial charge in [0.1, 0.15) is 11.6 Å². The number of hydrogen-bond acceptors (Lipinski definition) is 2. The highest BCUT2D eigenvalue weighted by molar-refractivity contribution is 9.10. The van der Waals surface area contributed by atoms with E-state index in [1.165, 1.54) is 35.6 Å². The minimum absolute atomic E-state index is 0.202. The van der Waals surface area contributed by atoms with Crippen LogP contribution in [0.15, 0.2) is 46.9 Å². The zero-order valence-corrected chi connectivity index (χ0v) is 13.3. The fraction of sp³-hybridized carbons (Fsp3) is 0.125. The number of fused-ring (bicyclic) bond motifs is 1. The molecule has 2 N–H and O–H groups in total. The van der Waals surface area contributed by atoms with Crippen LogP contribution in [0.2, 0.25) is 0 Å². The van der Waals surface area contributed by atoms with E-state index in [-0.39, 0.29) is 17.7 Å². The Labute approximate surface area is 133 Å². The minimum atomic E-state index is -0.281. The number of benzene rings is 2. The van der Waals surface area contributed by atoms with E-state index in [1.807, 2.05) is 6.07 Å². The monoisotopic (exact) mass is 367 g/mol. The minimum Gasteiger partial charge on any atom is -0.323 e. The molecule has 1 atom stereocenters. The molecule has 0 spiro atoms. The fourth-order valence-electron chi connectivity index (χ4n) is 2.23. The van der Waals surface area contributed by atoms with Gasteiger partial charge in [-0.1, -0.05) is 28.1 Å². The average Bonchev–Trinajstić information content (AvgIpc) is 2.85. The van der Waals surface area contributed by atoms with E-state index in [4.69, 9.17) is 5.73 Å². The molecule has 1 heterocycles. The highest BCUT2D eigenvalue weighted by atomic mass is 79.9. The van der Waals surface area contributed by atoms with E-state index in [1.54, 1.807) is 12.1 Å². The Kier molecular flexibility index (Phi) is 4.06. The molecule has 0 radical (unpaired) electrons. The molecule has 0 aliphatic rings. The lowest BCUT2D eigenvalue weighted by Gasteiger charge is -2.11. The molecule has 0 fully saturated rings. The second-order valence-electron chi connectivity index (χ2n) is 4.88. The third kappa shape index (κ3) is 3.15. The lowest BCUT2D eigenvalue weighted by molar-refractivity contribution is 0.624. The molecule has 0 aliphatic heterocycles. The fourth-order valence-corrected chi connectivity index (χ4v) is 3.84. The molecule has 3 aromatic rings. The summed E-state index contributed by atoms with van der Waals surface area (Å²) < 4.78 is 27.9. The molecular formula is C16H12BrF2NS. The van der Waals surface area contributed by atoms with E-state index in [0.29, 0.717) is 10.9 Å². The molecule has 0 bridgehead atoms. The van der Waals surface area contributed by atoms with Crippen LogP contribution in [0, 0.1) is 11.6 Å². The molecule has 0 amide bonds. The van der Waals surface area contributed by atoms with Gasteiger partial charge in [-0.25, -0.2) is 8.78 Å². The number of rotatable bonds is 3. The molecule has 1 nitrogen and oxygen atoms in total. The first kappa shape index (κ1) is 14.6. The topological polar surface area (TPSA) is 26.0 Å². The highest BCUT2D eigenvalue weighted by Crippen LogP contribution is 2.32. The van der Waals surface area contributed by atoms with Crippen LogP contribution in [0.1, 0.15) is 16.5 Å². The van der Waals surface area contributed by atoms with Gasteiger partial charge in [0.15, 0.2) is 0 Å². The van der Waals surface area contributed by atoms with Gasteiger partial charge in [-0.05, 0) is 47.7 Å². The van der Waals surface area contributed by atoms with Gasteiger partial charge in [0, 0.05) is 20.1 Å². The summed E-state index contributed by atoms with van der Waals surface area (Å²) in [4.78, 5) is 0.992. The van der Waals surface area contributed by atoms with Crippen molar-refractivity contribution in [3.05, 3.63) is 69.0 Å². The zero-order chi connectivity index (χ0) is 15.0. The van der Waals surface area contributed by atoms with Crippen LogP contribution in [0.25, 0.3) is 10.1 Å². The van der Waals surface area contributed by atoms with Crippen LogP contribution < -0.4 is 5.73 Å². The van der Waals surface area contributed by atoms with Crippen LogP contribution >= 0.6 is 27.3 Å². The van der Waals surface area contributed by atoms with Crippen molar-refractivity contribution < 1.29 is 8.78 Å². The highest BCUT2D eigenvalue weighted by Gasteiger charge is 2.13. The Balaban J connectivity index is 1.87. The van der Waals surface area contributed by atoms with Crippen LogP contribution in [0.3, 0.4) is 0 Å². The van der Waals surface area contributed by atoms with Crippen molar-refractivity contribution in [1.82, 2.24) is 0 Å². The third-order valence-electron chi connectivity index (χ3n) is 3.32. The van der Waals surface area contributed by atoms with Gasteiger partial charge in [0.2, 0.25) is 0 Å². The van der Waals surface area contributed by atoms with Gasteiger partial charge in [-0.2, -0.15) is 0 Å². The molecule has 2 aromatic carbocycles. The van der Waals surface area contributed by atoms with E-state index in [2.05, 4.69) is 15.9 Å². The van der Waals surface area contributed by atoms with Crippen molar-refractivity contribution in [2.75, 3.05) is 0 Å². The Hall–Kier alpha value is -1.30. The summed E-state index contributed by atoms with van der Waals surface area (Å²) in [5.74, 6) is -0.526. The predicted molar refractivity (Wildman–Crippen MR) is 86.5 cm³/mol. The summed E-state index contributed by atoms with van der Waals surface area (Å²) in [5, 5.41) is 0.991. The smallest absolute Gasteiger partial charge is 0.124 e. The molecule has 108 valence electrons. The predicted octanol–water partition coefficient (Wildman–Crippen LogP) is 5.18. The third-order valence-corrected chi connectivity index (χ3v) is 5.29. The molecular weight excluding hydrogens is 356 g/mol. The second kappa shape index (κ2) is 5.83. The van der Waals surface area contributed by atoms with E-state index in [9.17, 15) is 8.78 Å². The molecule has 1 unspecified atom stereocenters. The van der Waals surface area contributed by atoms with Crippen molar-refractivity contribution >= 4 is 37.4 Å². The quantitative estimate of drug-likeness (QED) is 0.677. The van der Waals surface area contributed by atoms with Gasteiger partial charge in [0.05, 0.1) is 0 Å². The first-order valence-electron chi connectivity index (χ1n) is 6.41. The molecule has 0 aliphatic carbocycles. The number of halogens is 3. The maximum absolute atomic E-state index is 13.2. The Morgan fingerprint density at radius 1 is 1.05 bits per heavy atom. The van der Waals surface area contributed by atoms with Gasteiger partial charge < -0.3 is 5.73 Å². The normalized spacial score (nSPS) is 12.8. The lowest BCUT2D eigenvalue weighted by atomic mass is 10.0. The van der Waals surface area contributed by atoms with E-state index >= 15 is 0 Å². The maximum Gasteiger partial charge on any atom is 0.124 e. The first-order chi connectivity index (χ1) is 10.0. The van der Waals surface area contributed by atoms with Crippen LogP contribution in [0.5, 0.6) is 0 Å². The summed E-state index contributed by atoms with van der Waals surface area (Å²) in [7, 11) is 0. The van der Waals surface area contributed by atoms with Crippen molar-refractivity contribution in [2.45, 2.75) is 12.5 Å². The number of hydrogen-bond donors (Lipinski definition) is 1. The SMILES string of the molecule is NC(Cc1ccc(F)cc1Br)c1cc2ccc(F)cc2s1. The standard InChI is InChI=1S/C16H12BrF2NS/c17-13-7-11(18)3-1-9(13)5-14(20)16-6-10-2-4-12(19)8-15(10)21-16/h1-4,6-8,14H,5,20H2. The van der Waals surface area contributed by atoms with Crippen molar-refractivity contribution in [3.63, 3.8) is 0 Å². The summed E-state index contributed by atoms with van der Waals surface area (Å²) in [6.45, 7) is 0. The number of nitrogens with two attached hydrogens (primary N) is 1. The number of thiophene rings is 1. The van der Waals surface area contributed by atoms with Crippen LogP contribution in [-0.4, -0.2) is 0 Å². The zero-order valence-electron chi connectivity index (χ0n) is 10.9. The first-order valence-corrected chi connectivity index (χ1v) is 8.02. The molecule has 0 saturated carbocycles. The van der Waals surface area contributed by atoms with Crippen molar-refractivity contribution in [1.29, 1.82) is 0 Å². The van der Waals surface area contributed by atoms with Gasteiger partial charge >= 0.3 is 0 Å². The lowest BCUT2D eigenvalue weighted by Crippen LogP contribution is -2.12. The summed E-state index contributed by atoms with van der Waals surface area (Å²) in [6.07, 6.45) is 0.593. The average molecular weight is 368 g/mol. The Bertz CT molecular complexity index is 800. The van der Waals surface area contributed by atoms with Crippen molar-refractivity contribution in [3.8, 4) is 0 Å². The summed E-state index contributed by atoms with van der Waals surface area (Å²) in [6, 6.07) is 11.1. The van der Waals surface area contributed by atoms with E-state index in [0.717, 1.165) is 20.5 Å². The van der Waals surface area contributed by atoms with Crippen molar-refractivity contribution in [2.24, 2.45) is 5.73 Å².